The molecule has 25 heavy (non-hydrogen) atoms. The minimum absolute atomic E-state index is 0.318. The number of aliphatic carboxylic acids is 2. The third-order valence-corrected chi connectivity index (χ3v) is 4.25. The summed E-state index contributed by atoms with van der Waals surface area (Å²) >= 11 is 0. The van der Waals surface area contributed by atoms with E-state index < -0.39 is 11.9 Å². The number of allylic oxidation sites excluding steroid dienone is 3. The monoisotopic (exact) mass is 352 g/mol. The third kappa shape index (κ3) is 22.4. The highest BCUT2D eigenvalue weighted by atomic mass is 16.4. The van der Waals surface area contributed by atoms with Gasteiger partial charge in [0.2, 0.25) is 0 Å². The SMILES string of the molecule is O=C(O)/C=C/C=C/CCCCCCCCCCCCCCCC(=O)O. The predicted octanol–water partition coefficient (Wildman–Crippen LogP) is 6.12. The van der Waals surface area contributed by atoms with Crippen LogP contribution in [0.25, 0.3) is 0 Å². The Morgan fingerprint density at radius 3 is 1.48 bits per heavy atom. The number of unbranched alkanes of at least 4 members (excludes halogenated alkanes) is 13. The van der Waals surface area contributed by atoms with Crippen LogP contribution >= 0.6 is 0 Å². The molecule has 0 spiro atoms. The standard InChI is InChI=1S/C21H36O4/c22-20(23)18-16-14-12-10-8-6-4-2-1-3-5-7-9-11-13-15-17-19-21(24)25/h12,14,16,18H,1-11,13,15,17,19H2,(H,22,23)(H,24,25)/b14-12+,18-16+. The minimum atomic E-state index is -0.902. The van der Waals surface area contributed by atoms with Crippen molar-refractivity contribution in [2.24, 2.45) is 0 Å². The second kappa shape index (κ2) is 18.8. The maximum absolute atomic E-state index is 10.4. The Balaban J connectivity index is 3.12. The van der Waals surface area contributed by atoms with Crippen molar-refractivity contribution in [3.8, 4) is 0 Å². The highest BCUT2D eigenvalue weighted by Crippen LogP contribution is 2.13. The van der Waals surface area contributed by atoms with E-state index in [2.05, 4.69) is 0 Å². The van der Waals surface area contributed by atoms with Gasteiger partial charge in [0.1, 0.15) is 0 Å². The minimum Gasteiger partial charge on any atom is -0.481 e. The van der Waals surface area contributed by atoms with Crippen molar-refractivity contribution < 1.29 is 19.8 Å². The summed E-state index contributed by atoms with van der Waals surface area (Å²) in [5.41, 5.74) is 0. The Labute approximate surface area is 153 Å². The zero-order valence-corrected chi connectivity index (χ0v) is 15.6. The first-order chi connectivity index (χ1) is 12.1. The first-order valence-electron chi connectivity index (χ1n) is 9.91. The smallest absolute Gasteiger partial charge is 0.328 e. The van der Waals surface area contributed by atoms with Crippen molar-refractivity contribution >= 4 is 11.9 Å². The summed E-state index contributed by atoms with van der Waals surface area (Å²) in [6.45, 7) is 0. The molecule has 0 saturated heterocycles. The first-order valence-corrected chi connectivity index (χ1v) is 9.91. The van der Waals surface area contributed by atoms with Crippen LogP contribution in [0, 0.1) is 0 Å². The van der Waals surface area contributed by atoms with Crippen LogP contribution in [0.15, 0.2) is 24.3 Å². The molecule has 0 unspecified atom stereocenters. The Morgan fingerprint density at radius 1 is 0.600 bits per heavy atom. The van der Waals surface area contributed by atoms with Crippen LogP contribution in [0.3, 0.4) is 0 Å². The van der Waals surface area contributed by atoms with Gasteiger partial charge in [0, 0.05) is 12.5 Å². The Hall–Kier alpha value is -1.58. The molecule has 0 heterocycles. The molecular formula is C21H36O4. The fourth-order valence-corrected chi connectivity index (χ4v) is 2.80. The summed E-state index contributed by atoms with van der Waals surface area (Å²) in [7, 11) is 0. The molecule has 4 nitrogen and oxygen atoms in total. The zero-order valence-electron chi connectivity index (χ0n) is 15.6. The molecule has 0 bridgehead atoms. The van der Waals surface area contributed by atoms with E-state index in [1.165, 1.54) is 70.6 Å². The first kappa shape index (κ1) is 23.4. The van der Waals surface area contributed by atoms with E-state index in [-0.39, 0.29) is 0 Å². The Bertz CT molecular complexity index is 385. The van der Waals surface area contributed by atoms with Gasteiger partial charge in [-0.1, -0.05) is 88.9 Å². The van der Waals surface area contributed by atoms with Gasteiger partial charge in [-0.2, -0.15) is 0 Å². The van der Waals surface area contributed by atoms with Gasteiger partial charge in [0.05, 0.1) is 0 Å². The number of hydrogen-bond donors (Lipinski definition) is 2. The van der Waals surface area contributed by atoms with Crippen molar-refractivity contribution in [1.29, 1.82) is 0 Å². The van der Waals surface area contributed by atoms with Crippen LogP contribution in [-0.2, 0) is 9.59 Å². The molecule has 4 heteroatoms. The number of carbonyl (C=O) groups is 2. The maximum atomic E-state index is 10.4. The quantitative estimate of drug-likeness (QED) is 0.177. The number of hydrogen-bond acceptors (Lipinski definition) is 2. The van der Waals surface area contributed by atoms with Crippen LogP contribution in [0.5, 0.6) is 0 Å². The molecule has 0 aliphatic heterocycles. The Morgan fingerprint density at radius 2 is 1.04 bits per heavy atom. The Kier molecular flexibility index (Phi) is 17.6. The molecule has 0 radical (unpaired) electrons. The highest BCUT2D eigenvalue weighted by Gasteiger charge is 1.97. The fourth-order valence-electron chi connectivity index (χ4n) is 2.80. The lowest BCUT2D eigenvalue weighted by Crippen LogP contribution is -1.93. The van der Waals surface area contributed by atoms with Gasteiger partial charge in [-0.3, -0.25) is 4.79 Å². The number of rotatable bonds is 18. The van der Waals surface area contributed by atoms with Crippen LogP contribution in [-0.4, -0.2) is 22.2 Å². The molecule has 0 fully saturated rings. The second-order valence-electron chi connectivity index (χ2n) is 6.65. The van der Waals surface area contributed by atoms with E-state index in [4.69, 9.17) is 10.2 Å². The lowest BCUT2D eigenvalue weighted by atomic mass is 10.0. The highest BCUT2D eigenvalue weighted by molar-refractivity contribution is 5.80. The van der Waals surface area contributed by atoms with Crippen molar-refractivity contribution in [3.63, 3.8) is 0 Å². The van der Waals surface area contributed by atoms with E-state index in [0.29, 0.717) is 6.42 Å². The molecule has 144 valence electrons. The van der Waals surface area contributed by atoms with Gasteiger partial charge in [-0.15, -0.1) is 0 Å². The molecule has 0 aromatic rings. The summed E-state index contributed by atoms with van der Waals surface area (Å²) < 4.78 is 0. The topological polar surface area (TPSA) is 74.6 Å². The van der Waals surface area contributed by atoms with Crippen molar-refractivity contribution in [2.45, 2.75) is 96.3 Å². The van der Waals surface area contributed by atoms with Crippen molar-refractivity contribution in [2.75, 3.05) is 0 Å². The molecular weight excluding hydrogens is 316 g/mol. The summed E-state index contributed by atoms with van der Waals surface area (Å²) in [6, 6.07) is 0. The largest absolute Gasteiger partial charge is 0.481 e. The van der Waals surface area contributed by atoms with E-state index in [1.54, 1.807) is 12.2 Å². The molecule has 0 aliphatic carbocycles. The van der Waals surface area contributed by atoms with E-state index in [1.807, 2.05) is 6.08 Å². The van der Waals surface area contributed by atoms with Gasteiger partial charge in [-0.25, -0.2) is 4.79 Å². The second-order valence-corrected chi connectivity index (χ2v) is 6.65. The molecule has 0 amide bonds. The van der Waals surface area contributed by atoms with E-state index in [0.717, 1.165) is 25.3 Å². The van der Waals surface area contributed by atoms with Gasteiger partial charge in [0.15, 0.2) is 0 Å². The number of carboxylic acid groups (broad SMARTS) is 2. The van der Waals surface area contributed by atoms with E-state index >= 15 is 0 Å². The number of carboxylic acids is 2. The predicted molar refractivity (Wildman–Crippen MR) is 103 cm³/mol. The third-order valence-electron chi connectivity index (χ3n) is 4.25. The van der Waals surface area contributed by atoms with Crippen molar-refractivity contribution in [1.82, 2.24) is 0 Å². The van der Waals surface area contributed by atoms with Crippen LogP contribution in [0.2, 0.25) is 0 Å². The lowest BCUT2D eigenvalue weighted by molar-refractivity contribution is -0.137. The summed E-state index contributed by atoms with van der Waals surface area (Å²) in [5.74, 6) is -1.58. The molecule has 0 aromatic carbocycles. The summed E-state index contributed by atoms with van der Waals surface area (Å²) in [5, 5.41) is 17.0. The average Bonchev–Trinajstić information content (AvgIpc) is 2.56. The molecule has 2 N–H and O–H groups in total. The normalized spacial score (nSPS) is 11.5. The molecule has 0 aromatic heterocycles. The van der Waals surface area contributed by atoms with Gasteiger partial charge >= 0.3 is 11.9 Å². The molecule has 0 rings (SSSR count). The average molecular weight is 353 g/mol. The van der Waals surface area contributed by atoms with Gasteiger partial charge in [-0.05, 0) is 19.3 Å². The fraction of sp³-hybridized carbons (Fsp3) is 0.714. The molecule has 0 aliphatic rings. The van der Waals surface area contributed by atoms with Crippen molar-refractivity contribution in [3.05, 3.63) is 24.3 Å². The van der Waals surface area contributed by atoms with Crippen LogP contribution in [0.1, 0.15) is 96.3 Å². The van der Waals surface area contributed by atoms with E-state index in [9.17, 15) is 9.59 Å². The zero-order chi connectivity index (χ0) is 18.6. The van der Waals surface area contributed by atoms with Gasteiger partial charge in [0.25, 0.3) is 0 Å². The van der Waals surface area contributed by atoms with Crippen LogP contribution < -0.4 is 0 Å². The lowest BCUT2D eigenvalue weighted by Gasteiger charge is -2.02. The molecule has 0 atom stereocenters. The van der Waals surface area contributed by atoms with Gasteiger partial charge < -0.3 is 10.2 Å². The summed E-state index contributed by atoms with van der Waals surface area (Å²) in [4.78, 5) is 20.6. The maximum Gasteiger partial charge on any atom is 0.328 e. The molecule has 0 saturated carbocycles. The van der Waals surface area contributed by atoms with Crippen LogP contribution in [0.4, 0.5) is 0 Å². The summed E-state index contributed by atoms with van der Waals surface area (Å²) in [6.07, 6.45) is 23.8.